The van der Waals surface area contributed by atoms with E-state index in [0.29, 0.717) is 22.9 Å². The van der Waals surface area contributed by atoms with Crippen LogP contribution in [0.25, 0.3) is 0 Å². The van der Waals surface area contributed by atoms with Gasteiger partial charge in [0.2, 0.25) is 6.79 Å². The van der Waals surface area contributed by atoms with Crippen molar-refractivity contribution in [2.45, 2.75) is 52.4 Å². The van der Waals surface area contributed by atoms with E-state index < -0.39 is 0 Å². The van der Waals surface area contributed by atoms with Gasteiger partial charge in [-0.2, -0.15) is 9.98 Å². The second kappa shape index (κ2) is 6.62. The van der Waals surface area contributed by atoms with Gasteiger partial charge >= 0.3 is 0 Å². The van der Waals surface area contributed by atoms with Gasteiger partial charge in [-0.1, -0.05) is 53.7 Å². The molecule has 2 aromatic rings. The summed E-state index contributed by atoms with van der Waals surface area (Å²) < 4.78 is 11.6. The van der Waals surface area contributed by atoms with Crippen LogP contribution in [0.3, 0.4) is 0 Å². The van der Waals surface area contributed by atoms with Crippen LogP contribution in [0, 0.1) is 0 Å². The third kappa shape index (κ3) is 3.97. The highest BCUT2D eigenvalue weighted by molar-refractivity contribution is 5.66. The van der Waals surface area contributed by atoms with Crippen molar-refractivity contribution in [1.82, 2.24) is 0 Å². The molecule has 0 spiro atoms. The summed E-state index contributed by atoms with van der Waals surface area (Å²) in [6.07, 6.45) is 0. The van der Waals surface area contributed by atoms with Crippen molar-refractivity contribution < 1.29 is 9.47 Å². The molecule has 1 heterocycles. The van der Waals surface area contributed by atoms with Gasteiger partial charge in [-0.15, -0.1) is 0 Å². The zero-order chi connectivity index (χ0) is 18.9. The maximum absolute atomic E-state index is 5.79. The summed E-state index contributed by atoms with van der Waals surface area (Å²) in [6, 6.07) is 14.8. The van der Waals surface area contributed by atoms with Gasteiger partial charge in [0.25, 0.3) is 0 Å². The molecule has 1 aliphatic heterocycles. The van der Waals surface area contributed by atoms with E-state index in [9.17, 15) is 0 Å². The molecule has 1 aliphatic rings. The molecule has 0 bridgehead atoms. The second-order valence-electron chi connectivity index (χ2n) is 8.60. The lowest BCUT2D eigenvalue weighted by Gasteiger charge is -2.21. The van der Waals surface area contributed by atoms with Crippen LogP contribution in [0.4, 0.5) is 11.4 Å². The molecule has 4 heteroatoms. The molecular formula is C22H26N2O2. The minimum atomic E-state index is 0.0295. The Morgan fingerprint density at radius 3 is 1.54 bits per heavy atom. The lowest BCUT2D eigenvalue weighted by molar-refractivity contribution is 0.121. The van der Waals surface area contributed by atoms with E-state index in [-0.39, 0.29) is 17.6 Å². The zero-order valence-electron chi connectivity index (χ0n) is 16.4. The molecule has 3 rings (SSSR count). The van der Waals surface area contributed by atoms with Crippen LogP contribution >= 0.6 is 0 Å². The molecule has 0 amide bonds. The molecule has 0 radical (unpaired) electrons. The maximum Gasteiger partial charge on any atom is 0.231 e. The van der Waals surface area contributed by atoms with Gasteiger partial charge in [0.15, 0.2) is 0 Å². The van der Waals surface area contributed by atoms with Crippen molar-refractivity contribution in [2.75, 3.05) is 6.79 Å². The van der Waals surface area contributed by atoms with E-state index in [1.54, 1.807) is 0 Å². The molecule has 0 N–H and O–H groups in total. The summed E-state index contributed by atoms with van der Waals surface area (Å²) in [5.41, 5.74) is 3.83. The highest BCUT2D eigenvalue weighted by Crippen LogP contribution is 2.36. The van der Waals surface area contributed by atoms with E-state index in [1.165, 1.54) is 11.1 Å². The number of hydrogen-bond acceptors (Lipinski definition) is 4. The van der Waals surface area contributed by atoms with Crippen molar-refractivity contribution in [3.05, 3.63) is 47.5 Å². The Morgan fingerprint density at radius 1 is 0.731 bits per heavy atom. The summed E-state index contributed by atoms with van der Waals surface area (Å²) in [4.78, 5) is 8.83. The molecule has 136 valence electrons. The number of rotatable bonds is 0. The number of ether oxygens (including phenoxy) is 2. The summed E-state index contributed by atoms with van der Waals surface area (Å²) in [5, 5.41) is 0. The fraction of sp³-hybridized carbons (Fsp3) is 0.409. The predicted octanol–water partition coefficient (Wildman–Crippen LogP) is 6.15. The average Bonchev–Trinajstić information content (AvgIpc) is 2.55. The van der Waals surface area contributed by atoms with Gasteiger partial charge < -0.3 is 9.47 Å². The number of aliphatic imine (C=N–C) groups is 2. The molecule has 0 unspecified atom stereocenters. The van der Waals surface area contributed by atoms with Crippen LogP contribution in [0.15, 0.2) is 46.4 Å². The van der Waals surface area contributed by atoms with Crippen molar-refractivity contribution in [1.29, 1.82) is 0 Å². The van der Waals surface area contributed by atoms with E-state index in [1.807, 2.05) is 24.3 Å². The normalized spacial score (nSPS) is 14.1. The first-order valence-corrected chi connectivity index (χ1v) is 8.86. The Hall–Kier alpha value is -2.58. The molecule has 0 aromatic heterocycles. The smallest absolute Gasteiger partial charge is 0.231 e. The second-order valence-corrected chi connectivity index (χ2v) is 8.60. The van der Waals surface area contributed by atoms with Crippen LogP contribution < -0.4 is 9.47 Å². The fourth-order valence-corrected chi connectivity index (χ4v) is 2.68. The van der Waals surface area contributed by atoms with Crippen molar-refractivity contribution in [3.8, 4) is 11.5 Å². The Bertz CT molecular complexity index is 810. The van der Waals surface area contributed by atoms with Crippen LogP contribution in [-0.2, 0) is 10.8 Å². The topological polar surface area (TPSA) is 43.2 Å². The van der Waals surface area contributed by atoms with Crippen molar-refractivity contribution in [2.24, 2.45) is 9.98 Å². The third-order valence-electron chi connectivity index (χ3n) is 4.42. The molecule has 0 saturated carbocycles. The third-order valence-corrected chi connectivity index (χ3v) is 4.42. The van der Waals surface area contributed by atoms with E-state index in [4.69, 9.17) is 9.47 Å². The van der Waals surface area contributed by atoms with Gasteiger partial charge in [-0.25, -0.2) is 0 Å². The molecule has 0 saturated heterocycles. The quantitative estimate of drug-likeness (QED) is 0.572. The highest BCUT2D eigenvalue weighted by Gasteiger charge is 2.18. The van der Waals surface area contributed by atoms with Gasteiger partial charge in [-0.3, -0.25) is 0 Å². The van der Waals surface area contributed by atoms with Crippen LogP contribution in [0.5, 0.6) is 11.5 Å². The van der Waals surface area contributed by atoms with Gasteiger partial charge in [-0.05, 0) is 46.2 Å². The Morgan fingerprint density at radius 2 is 1.15 bits per heavy atom. The SMILES string of the molecule is CC(C)(C)c1ccc2c(c1)N=C=Nc1cc(C(C)(C)C)ccc1OCO2. The van der Waals surface area contributed by atoms with Crippen molar-refractivity contribution >= 4 is 17.4 Å². The predicted molar refractivity (Wildman–Crippen MR) is 106 cm³/mol. The molecule has 2 aromatic carbocycles. The van der Waals surface area contributed by atoms with Gasteiger partial charge in [0, 0.05) is 0 Å². The summed E-state index contributed by atoms with van der Waals surface area (Å²) in [6.45, 7) is 13.1. The minimum absolute atomic E-state index is 0.0295. The standard InChI is InChI=1S/C22H26N2O2/c1-21(2,3)15-7-9-19-17(11-15)23-13-24-18-12-16(22(4,5)6)8-10-20(18)26-14-25-19/h7-12H,14H2,1-6H3. The van der Waals surface area contributed by atoms with E-state index >= 15 is 0 Å². The average molecular weight is 350 g/mol. The first-order valence-electron chi connectivity index (χ1n) is 8.86. The largest absolute Gasteiger partial charge is 0.455 e. The Balaban J connectivity index is 2.06. The summed E-state index contributed by atoms with van der Waals surface area (Å²) in [5.74, 6) is 1.32. The Labute approximate surface area is 155 Å². The lowest BCUT2D eigenvalue weighted by atomic mass is 9.87. The Kier molecular flexibility index (Phi) is 4.64. The first kappa shape index (κ1) is 18.2. The van der Waals surface area contributed by atoms with Gasteiger partial charge in [0.1, 0.15) is 28.9 Å². The highest BCUT2D eigenvalue weighted by atomic mass is 16.7. The first-order chi connectivity index (χ1) is 12.1. The molecule has 26 heavy (non-hydrogen) atoms. The minimum Gasteiger partial charge on any atom is -0.455 e. The molecular weight excluding hydrogens is 324 g/mol. The lowest BCUT2D eigenvalue weighted by Crippen LogP contribution is -2.12. The molecule has 0 aliphatic carbocycles. The van der Waals surface area contributed by atoms with E-state index in [2.05, 4.69) is 69.7 Å². The zero-order valence-corrected chi connectivity index (χ0v) is 16.4. The maximum atomic E-state index is 5.79. The summed E-state index contributed by atoms with van der Waals surface area (Å²) >= 11 is 0. The summed E-state index contributed by atoms with van der Waals surface area (Å²) in [7, 11) is 0. The number of nitrogens with zero attached hydrogens (tertiary/aromatic N) is 2. The van der Waals surface area contributed by atoms with E-state index in [0.717, 1.165) is 0 Å². The van der Waals surface area contributed by atoms with Crippen LogP contribution in [0.1, 0.15) is 52.7 Å². The van der Waals surface area contributed by atoms with Crippen molar-refractivity contribution in [3.63, 3.8) is 0 Å². The fourth-order valence-electron chi connectivity index (χ4n) is 2.68. The molecule has 0 fully saturated rings. The van der Waals surface area contributed by atoms with Gasteiger partial charge in [0.05, 0.1) is 0 Å². The number of fused-ring (bicyclic) bond motifs is 2. The van der Waals surface area contributed by atoms with Crippen LogP contribution in [-0.4, -0.2) is 12.8 Å². The monoisotopic (exact) mass is 350 g/mol. The molecule has 4 nitrogen and oxygen atoms in total. The molecule has 0 atom stereocenters. The number of hydrogen-bond donors (Lipinski definition) is 0. The van der Waals surface area contributed by atoms with Crippen LogP contribution in [0.2, 0.25) is 0 Å². The number of benzene rings is 2.